The van der Waals surface area contributed by atoms with Crippen LogP contribution < -0.4 is 0 Å². The highest BCUT2D eigenvalue weighted by atomic mass is 16.7. The number of carbonyl (C=O) groups excluding carboxylic acids is 1. The molecular weight excluding hydrogens is 684 g/mol. The van der Waals surface area contributed by atoms with Crippen LogP contribution in [0.4, 0.5) is 0 Å². The molecule has 6 unspecified atom stereocenters. The number of allylic oxidation sites excluding steroid dienone is 4. The highest BCUT2D eigenvalue weighted by Crippen LogP contribution is 2.22. The van der Waals surface area contributed by atoms with E-state index in [2.05, 4.69) is 38.2 Å². The third-order valence-corrected chi connectivity index (χ3v) is 10.4. The first-order chi connectivity index (χ1) is 26.4. The van der Waals surface area contributed by atoms with Crippen molar-refractivity contribution in [2.75, 3.05) is 26.4 Å². The molecule has 0 aliphatic carbocycles. The molecule has 54 heavy (non-hydrogen) atoms. The Morgan fingerprint density at radius 1 is 0.593 bits per heavy atom. The molecule has 1 heterocycles. The van der Waals surface area contributed by atoms with E-state index in [4.69, 9.17) is 18.9 Å². The molecular formula is C45H84O9. The minimum absolute atomic E-state index is 0.113. The molecule has 1 saturated heterocycles. The molecule has 6 atom stereocenters. The third kappa shape index (κ3) is 28.1. The summed E-state index contributed by atoms with van der Waals surface area (Å²) in [5.74, 6) is -0.319. The Bertz CT molecular complexity index is 879. The quantitative estimate of drug-likeness (QED) is 0.0275. The van der Waals surface area contributed by atoms with E-state index in [-0.39, 0.29) is 19.2 Å². The summed E-state index contributed by atoms with van der Waals surface area (Å²) >= 11 is 0. The van der Waals surface area contributed by atoms with Gasteiger partial charge in [-0.25, -0.2) is 0 Å². The van der Waals surface area contributed by atoms with Crippen LogP contribution in [0.2, 0.25) is 0 Å². The van der Waals surface area contributed by atoms with Crippen LogP contribution in [0.25, 0.3) is 0 Å². The van der Waals surface area contributed by atoms with Crippen molar-refractivity contribution < 1.29 is 44.2 Å². The Kier molecular flexibility index (Phi) is 35.0. The molecule has 0 saturated carbocycles. The van der Waals surface area contributed by atoms with E-state index in [1.54, 1.807) is 0 Å². The fourth-order valence-corrected chi connectivity index (χ4v) is 6.82. The van der Waals surface area contributed by atoms with Gasteiger partial charge in [-0.05, 0) is 44.9 Å². The molecule has 0 radical (unpaired) electrons. The third-order valence-electron chi connectivity index (χ3n) is 10.4. The molecule has 318 valence electrons. The highest BCUT2D eigenvalue weighted by molar-refractivity contribution is 5.69. The van der Waals surface area contributed by atoms with Crippen LogP contribution in [-0.2, 0) is 23.7 Å². The Morgan fingerprint density at radius 2 is 1.07 bits per heavy atom. The SMILES string of the molecule is CCCCC/C=C\C/C=C\CCCCCCCCCC(=O)OC(COCCCCCCCCCCCCCCCC)COC1OC(CO)C(O)C(O)C1O. The van der Waals surface area contributed by atoms with Gasteiger partial charge >= 0.3 is 5.97 Å². The van der Waals surface area contributed by atoms with Crippen LogP contribution in [0.1, 0.15) is 194 Å². The molecule has 1 aliphatic rings. The maximum atomic E-state index is 12.8. The van der Waals surface area contributed by atoms with Crippen LogP contribution >= 0.6 is 0 Å². The van der Waals surface area contributed by atoms with Gasteiger partial charge in [0.15, 0.2) is 6.29 Å². The van der Waals surface area contributed by atoms with Crippen molar-refractivity contribution in [2.45, 2.75) is 230 Å². The zero-order valence-electron chi connectivity index (χ0n) is 34.7. The minimum atomic E-state index is -1.53. The lowest BCUT2D eigenvalue weighted by molar-refractivity contribution is -0.305. The molecule has 0 bridgehead atoms. The Balaban J connectivity index is 2.27. The molecule has 1 fully saturated rings. The minimum Gasteiger partial charge on any atom is -0.457 e. The Morgan fingerprint density at radius 3 is 1.63 bits per heavy atom. The van der Waals surface area contributed by atoms with Gasteiger partial charge in [-0.15, -0.1) is 0 Å². The average molecular weight is 769 g/mol. The number of aliphatic hydroxyl groups is 4. The highest BCUT2D eigenvalue weighted by Gasteiger charge is 2.44. The van der Waals surface area contributed by atoms with Crippen molar-refractivity contribution >= 4 is 5.97 Å². The van der Waals surface area contributed by atoms with Crippen molar-refractivity contribution in [2.24, 2.45) is 0 Å². The summed E-state index contributed by atoms with van der Waals surface area (Å²) in [6, 6.07) is 0. The smallest absolute Gasteiger partial charge is 0.306 e. The largest absolute Gasteiger partial charge is 0.457 e. The monoisotopic (exact) mass is 769 g/mol. The fourth-order valence-electron chi connectivity index (χ4n) is 6.82. The van der Waals surface area contributed by atoms with Gasteiger partial charge in [0.1, 0.15) is 30.5 Å². The van der Waals surface area contributed by atoms with E-state index in [9.17, 15) is 25.2 Å². The van der Waals surface area contributed by atoms with Crippen LogP contribution in [-0.4, -0.2) is 89.6 Å². The normalized spacial score (nSPS) is 21.0. The number of carbonyl (C=O) groups is 1. The summed E-state index contributed by atoms with van der Waals surface area (Å²) in [6.45, 7) is 4.54. The number of unbranched alkanes of at least 4 members (excludes halogenated alkanes) is 23. The number of esters is 1. The molecule has 0 amide bonds. The summed E-state index contributed by atoms with van der Waals surface area (Å²) in [6.07, 6.45) is 34.8. The zero-order chi connectivity index (χ0) is 39.3. The van der Waals surface area contributed by atoms with Gasteiger partial charge in [0.05, 0.1) is 19.8 Å². The molecule has 0 aromatic carbocycles. The number of aliphatic hydroxyl groups excluding tert-OH is 4. The number of hydrogen-bond donors (Lipinski definition) is 4. The second kappa shape index (κ2) is 37.3. The lowest BCUT2D eigenvalue weighted by atomic mass is 9.99. The van der Waals surface area contributed by atoms with Crippen LogP contribution in [0.3, 0.4) is 0 Å². The second-order valence-corrected chi connectivity index (χ2v) is 15.5. The summed E-state index contributed by atoms with van der Waals surface area (Å²) < 4.78 is 22.8. The second-order valence-electron chi connectivity index (χ2n) is 15.5. The molecule has 0 aromatic rings. The van der Waals surface area contributed by atoms with Gasteiger partial charge in [-0.3, -0.25) is 4.79 Å². The van der Waals surface area contributed by atoms with Gasteiger partial charge < -0.3 is 39.4 Å². The van der Waals surface area contributed by atoms with Crippen molar-refractivity contribution in [1.82, 2.24) is 0 Å². The Hall–Kier alpha value is -1.33. The maximum Gasteiger partial charge on any atom is 0.306 e. The van der Waals surface area contributed by atoms with Crippen molar-refractivity contribution in [3.63, 3.8) is 0 Å². The summed E-state index contributed by atoms with van der Waals surface area (Å²) in [5, 5.41) is 40.1. The standard InChI is InChI=1S/C45H84O9/c1-3-5-7-9-11-13-15-17-19-20-21-22-24-26-28-30-32-34-41(47)53-39(38-52-45-44(50)43(49)42(48)40(36-46)54-45)37-51-35-33-31-29-27-25-23-18-16-14-12-10-8-6-4-2/h11,13,17,19,39-40,42-46,48-50H,3-10,12,14-16,18,20-38H2,1-2H3/b13-11-,19-17-. The molecule has 0 spiro atoms. The Labute approximate surface area is 330 Å². The molecule has 1 aliphatic heterocycles. The fraction of sp³-hybridized carbons (Fsp3) is 0.889. The summed E-state index contributed by atoms with van der Waals surface area (Å²) in [4.78, 5) is 12.8. The average Bonchev–Trinajstić information content (AvgIpc) is 3.17. The summed E-state index contributed by atoms with van der Waals surface area (Å²) in [7, 11) is 0. The number of hydrogen-bond acceptors (Lipinski definition) is 9. The predicted molar refractivity (Wildman–Crippen MR) is 219 cm³/mol. The van der Waals surface area contributed by atoms with E-state index >= 15 is 0 Å². The molecule has 4 N–H and O–H groups in total. The number of ether oxygens (including phenoxy) is 4. The molecule has 9 heteroatoms. The van der Waals surface area contributed by atoms with Crippen molar-refractivity contribution in [3.8, 4) is 0 Å². The van der Waals surface area contributed by atoms with Crippen molar-refractivity contribution in [3.05, 3.63) is 24.3 Å². The lowest BCUT2D eigenvalue weighted by Gasteiger charge is -2.39. The van der Waals surface area contributed by atoms with Gasteiger partial charge in [0.25, 0.3) is 0 Å². The first-order valence-corrected chi connectivity index (χ1v) is 22.4. The maximum absolute atomic E-state index is 12.8. The van der Waals surface area contributed by atoms with Gasteiger partial charge in [-0.2, -0.15) is 0 Å². The van der Waals surface area contributed by atoms with Crippen LogP contribution in [0, 0.1) is 0 Å². The van der Waals surface area contributed by atoms with E-state index in [1.165, 1.54) is 128 Å². The summed E-state index contributed by atoms with van der Waals surface area (Å²) in [5.41, 5.74) is 0. The van der Waals surface area contributed by atoms with Gasteiger partial charge in [-0.1, -0.05) is 167 Å². The molecule has 9 nitrogen and oxygen atoms in total. The number of rotatable bonds is 38. The zero-order valence-corrected chi connectivity index (χ0v) is 34.7. The first-order valence-electron chi connectivity index (χ1n) is 22.4. The van der Waals surface area contributed by atoms with Gasteiger partial charge in [0.2, 0.25) is 0 Å². The van der Waals surface area contributed by atoms with Gasteiger partial charge in [0, 0.05) is 13.0 Å². The lowest BCUT2D eigenvalue weighted by Crippen LogP contribution is -2.59. The molecule has 1 rings (SSSR count). The van der Waals surface area contributed by atoms with Crippen LogP contribution in [0.15, 0.2) is 24.3 Å². The first kappa shape index (κ1) is 50.7. The molecule has 0 aromatic heterocycles. The van der Waals surface area contributed by atoms with Crippen LogP contribution in [0.5, 0.6) is 0 Å². The predicted octanol–water partition coefficient (Wildman–Crippen LogP) is 9.81. The van der Waals surface area contributed by atoms with E-state index in [0.717, 1.165) is 44.9 Å². The van der Waals surface area contributed by atoms with Crippen molar-refractivity contribution in [1.29, 1.82) is 0 Å². The van der Waals surface area contributed by atoms with E-state index < -0.39 is 43.4 Å². The van der Waals surface area contributed by atoms with E-state index in [0.29, 0.717) is 13.0 Å². The topological polar surface area (TPSA) is 135 Å². The van der Waals surface area contributed by atoms with E-state index in [1.807, 2.05) is 0 Å².